The number of aliphatic hydroxyl groups excluding tert-OH is 6. The van der Waals surface area contributed by atoms with Crippen molar-refractivity contribution in [1.29, 1.82) is 0 Å². The van der Waals surface area contributed by atoms with Crippen LogP contribution in [0.2, 0.25) is 0 Å². The molecule has 0 aliphatic carbocycles. The van der Waals surface area contributed by atoms with E-state index in [-0.39, 0.29) is 19.8 Å². The second kappa shape index (κ2) is 9.18. The third-order valence-electron chi connectivity index (χ3n) is 5.03. The van der Waals surface area contributed by atoms with Crippen LogP contribution < -0.4 is 4.74 Å². The summed E-state index contributed by atoms with van der Waals surface area (Å²) in [6, 6.07) is 6.31. The lowest BCUT2D eigenvalue weighted by molar-refractivity contribution is -0.289. The van der Waals surface area contributed by atoms with Gasteiger partial charge < -0.3 is 54.7 Å². The van der Waals surface area contributed by atoms with Gasteiger partial charge in [0.2, 0.25) is 6.29 Å². The number of rotatable bonds is 7. The zero-order valence-corrected chi connectivity index (χ0v) is 15.4. The number of aliphatic hydroxyl groups is 7. The van der Waals surface area contributed by atoms with E-state index in [1.165, 1.54) is 0 Å². The molecule has 1 aromatic rings. The first-order valence-corrected chi connectivity index (χ1v) is 9.09. The van der Waals surface area contributed by atoms with Gasteiger partial charge >= 0.3 is 0 Å². The molecule has 164 valence electrons. The Morgan fingerprint density at radius 1 is 0.966 bits per heavy atom. The lowest BCUT2D eigenvalue weighted by Crippen LogP contribution is -2.60. The summed E-state index contributed by atoms with van der Waals surface area (Å²) in [5.74, 6) is 0.303. The summed E-state index contributed by atoms with van der Waals surface area (Å²) in [5.41, 5.74) is -1.21. The van der Waals surface area contributed by atoms with Crippen LogP contribution in [0.4, 0.5) is 0 Å². The van der Waals surface area contributed by atoms with Crippen molar-refractivity contribution in [3.05, 3.63) is 29.8 Å². The number of benzene rings is 1. The summed E-state index contributed by atoms with van der Waals surface area (Å²) in [6.45, 7) is -1.59. The van der Waals surface area contributed by atoms with Crippen molar-refractivity contribution in [2.45, 2.75) is 55.3 Å². The summed E-state index contributed by atoms with van der Waals surface area (Å²) >= 11 is 0. The highest BCUT2D eigenvalue weighted by molar-refractivity contribution is 5.27. The second-order valence-corrected chi connectivity index (χ2v) is 7.15. The third-order valence-corrected chi connectivity index (χ3v) is 5.03. The molecule has 2 aliphatic rings. The number of ether oxygens (including phenoxy) is 4. The van der Waals surface area contributed by atoms with Crippen molar-refractivity contribution in [2.24, 2.45) is 0 Å². The van der Waals surface area contributed by atoms with Gasteiger partial charge in [-0.05, 0) is 17.7 Å². The monoisotopic (exact) mass is 418 g/mol. The molecule has 2 heterocycles. The first-order chi connectivity index (χ1) is 13.8. The van der Waals surface area contributed by atoms with Crippen molar-refractivity contribution in [3.8, 4) is 5.75 Å². The van der Waals surface area contributed by atoms with Crippen LogP contribution in [0.1, 0.15) is 5.56 Å². The van der Waals surface area contributed by atoms with Gasteiger partial charge in [0.05, 0.1) is 26.4 Å². The third kappa shape index (κ3) is 4.70. The molecule has 0 saturated carbocycles. The molecule has 8 atom stereocenters. The lowest BCUT2D eigenvalue weighted by atomic mass is 9.99. The van der Waals surface area contributed by atoms with Crippen molar-refractivity contribution in [1.82, 2.24) is 0 Å². The van der Waals surface area contributed by atoms with Gasteiger partial charge in [0.15, 0.2) is 6.29 Å². The highest BCUT2D eigenvalue weighted by Gasteiger charge is 2.50. The molecule has 2 fully saturated rings. The minimum Gasteiger partial charge on any atom is -0.462 e. The van der Waals surface area contributed by atoms with E-state index in [4.69, 9.17) is 29.2 Å². The number of hydrogen-bond donors (Lipinski definition) is 7. The number of hydrogen-bond acceptors (Lipinski definition) is 11. The molecule has 29 heavy (non-hydrogen) atoms. The van der Waals surface area contributed by atoms with Crippen LogP contribution in [-0.2, 0) is 20.8 Å². The molecule has 2 saturated heterocycles. The van der Waals surface area contributed by atoms with Crippen LogP contribution in [0.15, 0.2) is 24.3 Å². The Kier molecular flexibility index (Phi) is 7.06. The zero-order valence-electron chi connectivity index (χ0n) is 15.4. The fourth-order valence-electron chi connectivity index (χ4n) is 3.08. The summed E-state index contributed by atoms with van der Waals surface area (Å²) in [5, 5.41) is 68.6. The summed E-state index contributed by atoms with van der Waals surface area (Å²) in [6.07, 6.45) is -9.94. The smallest absolute Gasteiger partial charge is 0.229 e. The fourth-order valence-corrected chi connectivity index (χ4v) is 3.08. The Morgan fingerprint density at radius 2 is 1.66 bits per heavy atom. The predicted molar refractivity (Wildman–Crippen MR) is 93.4 cm³/mol. The zero-order chi connectivity index (χ0) is 21.2. The van der Waals surface area contributed by atoms with Crippen molar-refractivity contribution >= 4 is 0 Å². The van der Waals surface area contributed by atoms with E-state index in [9.17, 15) is 25.5 Å². The van der Waals surface area contributed by atoms with Crippen LogP contribution in [0.3, 0.4) is 0 Å². The van der Waals surface area contributed by atoms with Gasteiger partial charge in [-0.3, -0.25) is 0 Å². The molecule has 0 spiro atoms. The van der Waals surface area contributed by atoms with E-state index in [0.717, 1.165) is 0 Å². The summed E-state index contributed by atoms with van der Waals surface area (Å²) in [4.78, 5) is 0. The van der Waals surface area contributed by atoms with E-state index in [2.05, 4.69) is 0 Å². The van der Waals surface area contributed by atoms with Crippen LogP contribution in [-0.4, -0.2) is 104 Å². The Hall–Kier alpha value is -1.38. The summed E-state index contributed by atoms with van der Waals surface area (Å²) in [7, 11) is 0. The van der Waals surface area contributed by atoms with Gasteiger partial charge in [0.25, 0.3) is 0 Å². The Bertz CT molecular complexity index is 656. The second-order valence-electron chi connectivity index (χ2n) is 7.15. The van der Waals surface area contributed by atoms with Crippen LogP contribution >= 0.6 is 0 Å². The molecule has 0 radical (unpaired) electrons. The average molecular weight is 418 g/mol. The molecule has 7 N–H and O–H groups in total. The van der Waals surface area contributed by atoms with Gasteiger partial charge in [-0.15, -0.1) is 0 Å². The molecule has 0 aromatic heterocycles. The van der Waals surface area contributed by atoms with Gasteiger partial charge in [-0.2, -0.15) is 0 Å². The summed E-state index contributed by atoms with van der Waals surface area (Å²) < 4.78 is 21.5. The maximum atomic E-state index is 10.2. The molecule has 2 aliphatic heterocycles. The van der Waals surface area contributed by atoms with E-state index < -0.39 is 55.3 Å². The van der Waals surface area contributed by atoms with E-state index >= 15 is 0 Å². The Balaban J connectivity index is 1.61. The first-order valence-electron chi connectivity index (χ1n) is 9.09. The predicted octanol–water partition coefficient (Wildman–Crippen LogP) is -3.18. The maximum absolute atomic E-state index is 10.2. The van der Waals surface area contributed by atoms with E-state index in [1.54, 1.807) is 24.3 Å². The minimum absolute atomic E-state index is 0.145. The minimum atomic E-state index is -1.86. The lowest BCUT2D eigenvalue weighted by Gasteiger charge is -2.40. The largest absolute Gasteiger partial charge is 0.462 e. The Morgan fingerprint density at radius 3 is 2.24 bits per heavy atom. The quantitative estimate of drug-likeness (QED) is 0.237. The standard InChI is InChI=1S/C18H26O11/c19-5-9-1-3-10(4-2-9)28-16-14(23)13(22)12(21)11(29-16)6-26-17-15(24)18(25,7-20)8-27-17/h1-4,11-17,19-25H,5-8H2/t11-,12-,13+,14-,15+,16-,17-,18-/m1/s1. The molecule has 3 rings (SSSR count). The van der Waals surface area contributed by atoms with Crippen LogP contribution in [0, 0.1) is 0 Å². The molecular weight excluding hydrogens is 392 g/mol. The van der Waals surface area contributed by atoms with E-state index in [1.807, 2.05) is 0 Å². The molecule has 0 bridgehead atoms. The molecule has 0 unspecified atom stereocenters. The van der Waals surface area contributed by atoms with Gasteiger partial charge in [-0.1, -0.05) is 12.1 Å². The van der Waals surface area contributed by atoms with Crippen molar-refractivity contribution in [3.63, 3.8) is 0 Å². The topological polar surface area (TPSA) is 179 Å². The molecule has 11 nitrogen and oxygen atoms in total. The highest BCUT2D eigenvalue weighted by atomic mass is 16.7. The SMILES string of the molecule is OCc1ccc(O[C@@H]2O[C@H](CO[C@@H]3OC[C@](O)(CO)[C@H]3O)[C@@H](O)[C@H](O)[C@H]2O)cc1. The maximum Gasteiger partial charge on any atom is 0.229 e. The first kappa shape index (κ1) is 22.3. The average Bonchev–Trinajstić information content (AvgIpc) is 3.02. The van der Waals surface area contributed by atoms with Crippen molar-refractivity contribution in [2.75, 3.05) is 19.8 Å². The van der Waals surface area contributed by atoms with E-state index in [0.29, 0.717) is 11.3 Å². The Labute approximate surface area is 166 Å². The molecule has 0 amide bonds. The molecule has 1 aromatic carbocycles. The van der Waals surface area contributed by atoms with Crippen LogP contribution in [0.25, 0.3) is 0 Å². The van der Waals surface area contributed by atoms with Crippen molar-refractivity contribution < 1.29 is 54.7 Å². The normalized spacial score (nSPS) is 40.2. The molecular formula is C18H26O11. The van der Waals surface area contributed by atoms with Crippen LogP contribution in [0.5, 0.6) is 5.75 Å². The highest BCUT2D eigenvalue weighted by Crippen LogP contribution is 2.28. The van der Waals surface area contributed by atoms with Gasteiger partial charge in [0, 0.05) is 0 Å². The fraction of sp³-hybridized carbons (Fsp3) is 0.667. The van der Waals surface area contributed by atoms with Gasteiger partial charge in [0.1, 0.15) is 41.9 Å². The molecule has 11 heteroatoms. The van der Waals surface area contributed by atoms with Gasteiger partial charge in [-0.25, -0.2) is 0 Å².